The van der Waals surface area contributed by atoms with Gasteiger partial charge in [0, 0.05) is 19.5 Å². The number of nitrogens with zero attached hydrogens (tertiary/aromatic N) is 1. The zero-order valence-electron chi connectivity index (χ0n) is 12.3. The Morgan fingerprint density at radius 3 is 2.55 bits per heavy atom. The maximum Gasteiger partial charge on any atom is 0.343 e. The third kappa shape index (κ3) is 3.71. The molecule has 0 spiro atoms. The van der Waals surface area contributed by atoms with Crippen LogP contribution in [0.15, 0.2) is 0 Å². The molecular formula is C13H21N3O3S. The molecule has 0 aromatic carbocycles. The summed E-state index contributed by atoms with van der Waals surface area (Å²) in [4.78, 5) is 26.1. The lowest BCUT2D eigenvalue weighted by Gasteiger charge is -2.11. The van der Waals surface area contributed by atoms with Crippen molar-refractivity contribution in [2.45, 2.75) is 13.3 Å². The second-order valence-corrected chi connectivity index (χ2v) is 5.57. The largest absolute Gasteiger partial charge is 0.465 e. The molecule has 3 N–H and O–H groups in total. The van der Waals surface area contributed by atoms with Gasteiger partial charge in [0.1, 0.15) is 10.6 Å². The summed E-state index contributed by atoms with van der Waals surface area (Å²) in [7, 11) is 5.21. The topological polar surface area (TPSA) is 84.7 Å². The van der Waals surface area contributed by atoms with Crippen LogP contribution in [-0.4, -0.2) is 50.9 Å². The van der Waals surface area contributed by atoms with Crippen molar-refractivity contribution >= 4 is 33.8 Å². The molecule has 0 aliphatic carbocycles. The number of anilines is 2. The number of nitrogen functional groups attached to an aromatic ring is 1. The van der Waals surface area contributed by atoms with Crippen LogP contribution in [0.4, 0.5) is 10.7 Å². The van der Waals surface area contributed by atoms with Gasteiger partial charge >= 0.3 is 5.97 Å². The number of ether oxygens (including phenoxy) is 1. The number of nitrogens with two attached hydrogens (primary N) is 1. The fourth-order valence-electron chi connectivity index (χ4n) is 1.63. The Morgan fingerprint density at radius 2 is 2.05 bits per heavy atom. The van der Waals surface area contributed by atoms with E-state index in [0.29, 0.717) is 22.8 Å². The molecule has 1 aromatic rings. The summed E-state index contributed by atoms with van der Waals surface area (Å²) in [6, 6.07) is 0. The number of nitrogens with one attached hydrogen (secondary N) is 1. The molecular weight excluding hydrogens is 278 g/mol. The Kier molecular flexibility index (Phi) is 5.97. The maximum atomic E-state index is 11.8. The van der Waals surface area contributed by atoms with Gasteiger partial charge in [0.2, 0.25) is 0 Å². The second-order valence-electron chi connectivity index (χ2n) is 4.55. The third-order valence-electron chi connectivity index (χ3n) is 2.75. The predicted octanol–water partition coefficient (Wildman–Crippen LogP) is 1.68. The number of thiophene rings is 1. The van der Waals surface area contributed by atoms with Crippen LogP contribution in [0.1, 0.15) is 33.4 Å². The highest BCUT2D eigenvalue weighted by atomic mass is 32.1. The van der Waals surface area contributed by atoms with Crippen molar-refractivity contribution < 1.29 is 14.3 Å². The molecule has 6 nitrogen and oxygen atoms in total. The highest BCUT2D eigenvalue weighted by molar-refractivity contribution is 7.19. The van der Waals surface area contributed by atoms with Crippen LogP contribution in [0.25, 0.3) is 0 Å². The van der Waals surface area contributed by atoms with Crippen LogP contribution < -0.4 is 11.1 Å². The number of hydrogen-bond acceptors (Lipinski definition) is 7. The minimum atomic E-state index is -0.527. The van der Waals surface area contributed by atoms with Crippen LogP contribution in [0.5, 0.6) is 0 Å². The van der Waals surface area contributed by atoms with Crippen molar-refractivity contribution in [3.05, 3.63) is 10.4 Å². The molecule has 0 saturated heterocycles. The number of Topliss-reactive ketones (excluding diaryl/α,β-unsaturated/α-hetero) is 1. The molecule has 1 heterocycles. The molecule has 0 unspecified atom stereocenters. The summed E-state index contributed by atoms with van der Waals surface area (Å²) in [5.41, 5.74) is 6.39. The van der Waals surface area contributed by atoms with Crippen molar-refractivity contribution in [3.8, 4) is 0 Å². The van der Waals surface area contributed by atoms with Crippen LogP contribution in [0, 0.1) is 0 Å². The molecule has 0 amide bonds. The van der Waals surface area contributed by atoms with Crippen LogP contribution in [0.2, 0.25) is 0 Å². The van der Waals surface area contributed by atoms with E-state index in [9.17, 15) is 9.59 Å². The summed E-state index contributed by atoms with van der Waals surface area (Å²) in [6.07, 6.45) is 0.350. The fourth-order valence-corrected chi connectivity index (χ4v) is 2.78. The van der Waals surface area contributed by atoms with Crippen LogP contribution in [-0.2, 0) is 4.74 Å². The van der Waals surface area contributed by atoms with E-state index in [1.54, 1.807) is 6.92 Å². The number of carbonyl (C=O) groups excluding carboxylic acids is 2. The minimum absolute atomic E-state index is 0.0710. The normalized spacial score (nSPS) is 10.7. The summed E-state index contributed by atoms with van der Waals surface area (Å²) < 4.78 is 4.74. The predicted molar refractivity (Wildman–Crippen MR) is 81.7 cm³/mol. The molecule has 0 fully saturated rings. The van der Waals surface area contributed by atoms with Gasteiger partial charge in [0.15, 0.2) is 5.78 Å². The average Bonchev–Trinajstić information content (AvgIpc) is 2.73. The monoisotopic (exact) mass is 299 g/mol. The second kappa shape index (κ2) is 7.25. The van der Waals surface area contributed by atoms with Crippen molar-refractivity contribution in [2.75, 3.05) is 45.3 Å². The minimum Gasteiger partial charge on any atom is -0.465 e. The first-order chi connectivity index (χ1) is 9.42. The number of carbonyl (C=O) groups is 2. The molecule has 1 rings (SSSR count). The lowest BCUT2D eigenvalue weighted by atomic mass is 10.2. The van der Waals surface area contributed by atoms with Gasteiger partial charge in [-0.1, -0.05) is 6.92 Å². The van der Waals surface area contributed by atoms with E-state index in [0.717, 1.165) is 6.54 Å². The zero-order chi connectivity index (χ0) is 15.3. The molecule has 0 atom stereocenters. The quantitative estimate of drug-likeness (QED) is 0.588. The Morgan fingerprint density at radius 1 is 1.40 bits per heavy atom. The summed E-state index contributed by atoms with van der Waals surface area (Å²) >= 11 is 1.21. The van der Waals surface area contributed by atoms with E-state index in [4.69, 9.17) is 10.5 Å². The number of likely N-dealkylation sites (N-methyl/N-ethyl adjacent to an activating group) is 1. The molecule has 0 radical (unpaired) electrons. The van der Waals surface area contributed by atoms with E-state index >= 15 is 0 Å². The first-order valence-electron chi connectivity index (χ1n) is 6.34. The Bertz CT molecular complexity index is 497. The molecule has 7 heteroatoms. The first-order valence-corrected chi connectivity index (χ1v) is 7.16. The van der Waals surface area contributed by atoms with Crippen molar-refractivity contribution in [2.24, 2.45) is 0 Å². The number of hydrogen-bond donors (Lipinski definition) is 2. The third-order valence-corrected chi connectivity index (χ3v) is 3.96. The molecule has 0 saturated carbocycles. The Labute approximate surface area is 122 Å². The zero-order valence-corrected chi connectivity index (χ0v) is 13.1. The SMILES string of the molecule is CCC(=O)c1sc(NCCN(C)C)c(C(=O)OC)c1N. The van der Waals surface area contributed by atoms with Crippen molar-refractivity contribution in [3.63, 3.8) is 0 Å². The lowest BCUT2D eigenvalue weighted by Crippen LogP contribution is -2.21. The van der Waals surface area contributed by atoms with Gasteiger partial charge in [-0.05, 0) is 14.1 Å². The lowest BCUT2D eigenvalue weighted by molar-refractivity contribution is 0.0603. The van der Waals surface area contributed by atoms with Crippen molar-refractivity contribution in [1.82, 2.24) is 4.90 Å². The van der Waals surface area contributed by atoms with Crippen LogP contribution >= 0.6 is 11.3 Å². The van der Waals surface area contributed by atoms with Gasteiger partial charge in [-0.2, -0.15) is 0 Å². The molecule has 0 bridgehead atoms. The number of esters is 1. The molecule has 1 aromatic heterocycles. The van der Waals surface area contributed by atoms with Gasteiger partial charge in [-0.15, -0.1) is 11.3 Å². The maximum absolute atomic E-state index is 11.8. The first kappa shape index (κ1) is 16.5. The molecule has 0 aliphatic heterocycles. The van der Waals surface area contributed by atoms with Gasteiger partial charge in [0.05, 0.1) is 17.7 Å². The van der Waals surface area contributed by atoms with Gasteiger partial charge in [-0.3, -0.25) is 4.79 Å². The average molecular weight is 299 g/mol. The summed E-state index contributed by atoms with van der Waals surface area (Å²) in [6.45, 7) is 3.21. The van der Waals surface area contributed by atoms with Crippen molar-refractivity contribution in [1.29, 1.82) is 0 Å². The smallest absolute Gasteiger partial charge is 0.343 e. The van der Waals surface area contributed by atoms with E-state index < -0.39 is 5.97 Å². The van der Waals surface area contributed by atoms with E-state index in [1.165, 1.54) is 18.4 Å². The number of ketones is 1. The standard InChI is InChI=1S/C13H21N3O3S/c1-5-8(17)11-10(14)9(13(18)19-4)12(20-11)15-6-7-16(2)3/h15H,5-7,14H2,1-4H3. The van der Waals surface area contributed by atoms with E-state index in [1.807, 2.05) is 19.0 Å². The van der Waals surface area contributed by atoms with E-state index in [2.05, 4.69) is 5.32 Å². The number of rotatable bonds is 7. The molecule has 112 valence electrons. The Balaban J connectivity index is 3.07. The fraction of sp³-hybridized carbons (Fsp3) is 0.538. The highest BCUT2D eigenvalue weighted by Gasteiger charge is 2.25. The Hall–Kier alpha value is -1.60. The van der Waals surface area contributed by atoms with Crippen LogP contribution in [0.3, 0.4) is 0 Å². The van der Waals surface area contributed by atoms with E-state index in [-0.39, 0.29) is 17.0 Å². The number of methoxy groups -OCH3 is 1. The van der Waals surface area contributed by atoms with Gasteiger partial charge in [-0.25, -0.2) is 4.79 Å². The van der Waals surface area contributed by atoms with Gasteiger partial charge < -0.3 is 20.7 Å². The molecule has 20 heavy (non-hydrogen) atoms. The summed E-state index contributed by atoms with van der Waals surface area (Å²) in [5, 5.41) is 3.73. The molecule has 0 aliphatic rings. The highest BCUT2D eigenvalue weighted by Crippen LogP contribution is 2.36. The van der Waals surface area contributed by atoms with Gasteiger partial charge in [0.25, 0.3) is 0 Å². The summed E-state index contributed by atoms with van der Waals surface area (Å²) in [5.74, 6) is -0.598.